The van der Waals surface area contributed by atoms with Gasteiger partial charge in [-0.3, -0.25) is 19.2 Å². The Morgan fingerprint density at radius 2 is 1.64 bits per heavy atom. The molecule has 2 unspecified atom stereocenters. The first-order valence-electron chi connectivity index (χ1n) is 11.5. The number of Topliss-reactive ketones (excluding diaryl/α,β-unsaturated/α-hetero) is 2. The van der Waals surface area contributed by atoms with Crippen LogP contribution in [0.5, 0.6) is 5.75 Å². The van der Waals surface area contributed by atoms with Crippen molar-refractivity contribution in [2.75, 3.05) is 13.1 Å². The van der Waals surface area contributed by atoms with E-state index in [1.54, 1.807) is 12.1 Å². The molecule has 3 fully saturated rings. The summed E-state index contributed by atoms with van der Waals surface area (Å²) in [6.07, 6.45) is 1.28. The molecule has 0 saturated carbocycles. The van der Waals surface area contributed by atoms with E-state index >= 15 is 0 Å². The van der Waals surface area contributed by atoms with Crippen LogP contribution in [-0.2, 0) is 35.4 Å². The first-order valence-corrected chi connectivity index (χ1v) is 13.3. The van der Waals surface area contributed by atoms with Crippen molar-refractivity contribution in [3.05, 3.63) is 59.1 Å². The van der Waals surface area contributed by atoms with Gasteiger partial charge in [-0.2, -0.15) is 0 Å². The van der Waals surface area contributed by atoms with Crippen LogP contribution in [0.15, 0.2) is 53.4 Å². The van der Waals surface area contributed by atoms with Gasteiger partial charge in [-0.25, -0.2) is 8.42 Å². The largest absolute Gasteiger partial charge is 0.508 e. The number of hydrogen-bond acceptors (Lipinski definition) is 7. The molecule has 3 heterocycles. The zero-order valence-electron chi connectivity index (χ0n) is 19.3. The highest BCUT2D eigenvalue weighted by Crippen LogP contribution is 2.48. The topological polar surface area (TPSA) is 138 Å². The van der Waals surface area contributed by atoms with Crippen molar-refractivity contribution in [1.29, 1.82) is 0 Å². The molecule has 0 aliphatic carbocycles. The molecule has 3 aliphatic heterocycles. The molecule has 2 amide bonds. The van der Waals surface area contributed by atoms with E-state index < -0.39 is 26.4 Å². The number of amides is 2. The molecule has 3 saturated heterocycles. The second kappa shape index (κ2) is 10.0. The van der Waals surface area contributed by atoms with Crippen LogP contribution in [0.1, 0.15) is 31.2 Å². The van der Waals surface area contributed by atoms with Gasteiger partial charge in [-0.05, 0) is 48.4 Å². The van der Waals surface area contributed by atoms with Gasteiger partial charge in [0.15, 0.2) is 5.78 Å². The number of ketones is 2. The van der Waals surface area contributed by atoms with Crippen LogP contribution in [0.4, 0.5) is 0 Å². The van der Waals surface area contributed by atoms with E-state index in [-0.39, 0.29) is 41.2 Å². The van der Waals surface area contributed by atoms with Crippen LogP contribution in [-0.4, -0.2) is 59.8 Å². The lowest BCUT2D eigenvalue weighted by Gasteiger charge is -2.44. The summed E-state index contributed by atoms with van der Waals surface area (Å²) < 4.78 is 26.5. The molecular weight excluding hydrogens is 508 g/mol. The molecule has 2 atom stereocenters. The van der Waals surface area contributed by atoms with Crippen LogP contribution < -0.4 is 5.32 Å². The van der Waals surface area contributed by atoms with Crippen molar-refractivity contribution >= 4 is 44.8 Å². The number of phenols is 1. The summed E-state index contributed by atoms with van der Waals surface area (Å²) in [5.41, 5.74) is 0.792. The van der Waals surface area contributed by atoms with Crippen LogP contribution in [0, 0.1) is 5.92 Å². The molecule has 11 heteroatoms. The van der Waals surface area contributed by atoms with Crippen molar-refractivity contribution in [3.8, 4) is 5.75 Å². The van der Waals surface area contributed by atoms with E-state index in [0.717, 1.165) is 5.56 Å². The average molecular weight is 533 g/mol. The fourth-order valence-electron chi connectivity index (χ4n) is 4.66. The Labute approximate surface area is 213 Å². The first kappa shape index (κ1) is 25.8. The normalized spacial score (nSPS) is 23.7. The monoisotopic (exact) mass is 532 g/mol. The zero-order valence-corrected chi connectivity index (χ0v) is 20.8. The highest BCUT2D eigenvalue weighted by atomic mass is 35.5. The lowest BCUT2D eigenvalue weighted by molar-refractivity contribution is -0.150. The number of halogens is 1. The number of hydrogen-bond donors (Lipinski definition) is 2. The van der Waals surface area contributed by atoms with Gasteiger partial charge in [-0.15, -0.1) is 0 Å². The smallest absolute Gasteiger partial charge is 0.228 e. The molecule has 0 bridgehead atoms. The molecule has 3 aliphatic rings. The van der Waals surface area contributed by atoms with Crippen molar-refractivity contribution in [2.24, 2.45) is 5.92 Å². The van der Waals surface area contributed by atoms with Crippen LogP contribution in [0.3, 0.4) is 0 Å². The number of nitrogens with zero attached hydrogens (tertiary/aromatic N) is 1. The zero-order chi connectivity index (χ0) is 26.1. The second-order valence-corrected chi connectivity index (χ2v) is 11.6. The molecule has 2 aromatic rings. The Morgan fingerprint density at radius 3 is 2.28 bits per heavy atom. The van der Waals surface area contributed by atoms with Gasteiger partial charge in [0.2, 0.25) is 26.5 Å². The number of carbonyl (C=O) groups is 4. The minimum absolute atomic E-state index is 0.000787. The van der Waals surface area contributed by atoms with Gasteiger partial charge >= 0.3 is 0 Å². The summed E-state index contributed by atoms with van der Waals surface area (Å²) in [6.45, 7) is 0.600. The summed E-state index contributed by atoms with van der Waals surface area (Å²) in [4.78, 5) is 45.8. The highest BCUT2D eigenvalue weighted by molar-refractivity contribution is 7.93. The number of β-lactam (4-membered cyclic amide) rings is 1. The van der Waals surface area contributed by atoms with E-state index in [4.69, 9.17) is 11.6 Å². The van der Waals surface area contributed by atoms with E-state index in [1.165, 1.54) is 41.3 Å². The highest BCUT2D eigenvalue weighted by Gasteiger charge is 2.70. The Kier molecular flexibility index (Phi) is 7.19. The van der Waals surface area contributed by atoms with E-state index in [0.29, 0.717) is 37.3 Å². The minimum Gasteiger partial charge on any atom is -0.508 e. The quantitative estimate of drug-likeness (QED) is 0.575. The third kappa shape index (κ3) is 4.75. The number of aromatic hydroxyl groups is 1. The fourth-order valence-corrected chi connectivity index (χ4v) is 6.88. The maximum absolute atomic E-state index is 13.2. The lowest BCUT2D eigenvalue weighted by atomic mass is 9.93. The van der Waals surface area contributed by atoms with Gasteiger partial charge in [0.1, 0.15) is 11.5 Å². The molecule has 2 aromatic carbocycles. The molecule has 0 radical (unpaired) electrons. The number of nitrogens with one attached hydrogen (secondary N) is 1. The Morgan fingerprint density at radius 1 is 0.972 bits per heavy atom. The Balaban J connectivity index is 0.000000286. The molecule has 0 spiro atoms. The van der Waals surface area contributed by atoms with Crippen LogP contribution >= 0.6 is 11.6 Å². The van der Waals surface area contributed by atoms with Crippen molar-refractivity contribution in [3.63, 3.8) is 0 Å². The molecule has 36 heavy (non-hydrogen) atoms. The maximum Gasteiger partial charge on any atom is 0.228 e. The average Bonchev–Trinajstić information content (AvgIpc) is 2.93. The second-order valence-electron chi connectivity index (χ2n) is 8.99. The molecular formula is C25H25ClN2O7S. The lowest BCUT2D eigenvalue weighted by Crippen LogP contribution is -2.67. The van der Waals surface area contributed by atoms with E-state index in [9.17, 15) is 32.7 Å². The third-order valence-electron chi connectivity index (χ3n) is 6.63. The van der Waals surface area contributed by atoms with Crippen LogP contribution in [0.2, 0.25) is 5.02 Å². The van der Waals surface area contributed by atoms with Gasteiger partial charge in [0.25, 0.3) is 0 Å². The standard InChI is InChI=1S/C19H16ClNO5S.C6H9NO2/c20-14-3-7-16(8-4-14)27(25,26)19-10-17(23)21(19)11-13(18(19)24)9-12-1-5-15(22)6-2-12;8-5-1-2-6(9)7-4-3-5/h1-8,13,22H,9-11H2;1-4H2,(H,7,9). The predicted molar refractivity (Wildman–Crippen MR) is 130 cm³/mol. The van der Waals surface area contributed by atoms with Gasteiger partial charge in [0, 0.05) is 43.3 Å². The SMILES string of the molecule is O=C1CC2(S(=O)(=O)c3ccc(Cl)cc3)C(=O)C(Cc3ccc(O)cc3)CN12.O=C1CCNC(=O)CC1. The summed E-state index contributed by atoms with van der Waals surface area (Å²) in [7, 11) is -4.07. The summed E-state index contributed by atoms with van der Waals surface area (Å²) in [5, 5.41) is 12.4. The number of fused-ring (bicyclic) bond motifs is 1. The number of carbonyl (C=O) groups excluding carboxylic acids is 4. The van der Waals surface area contributed by atoms with E-state index in [1.807, 2.05) is 0 Å². The molecule has 5 rings (SSSR count). The summed E-state index contributed by atoms with van der Waals surface area (Å²) >= 11 is 5.83. The van der Waals surface area contributed by atoms with Crippen LogP contribution in [0.25, 0.3) is 0 Å². The first-order chi connectivity index (χ1) is 17.0. The maximum atomic E-state index is 13.2. The fraction of sp³-hybridized carbons (Fsp3) is 0.360. The van der Waals surface area contributed by atoms with Gasteiger partial charge in [-0.1, -0.05) is 23.7 Å². The number of rotatable bonds is 4. The van der Waals surface area contributed by atoms with E-state index in [2.05, 4.69) is 5.32 Å². The number of phenolic OH excluding ortho intramolecular Hbond substituents is 1. The molecule has 2 N–H and O–H groups in total. The minimum atomic E-state index is -4.07. The Bertz CT molecular complexity index is 1290. The van der Waals surface area contributed by atoms with Crippen molar-refractivity contribution in [1.82, 2.24) is 10.2 Å². The molecule has 0 aromatic heterocycles. The molecule has 9 nitrogen and oxygen atoms in total. The number of sulfone groups is 1. The Hall–Kier alpha value is -3.24. The van der Waals surface area contributed by atoms with Gasteiger partial charge < -0.3 is 15.3 Å². The number of benzene rings is 2. The molecule has 190 valence electrons. The predicted octanol–water partition coefficient (Wildman–Crippen LogP) is 2.05. The summed E-state index contributed by atoms with van der Waals surface area (Å²) in [6, 6.07) is 12.0. The third-order valence-corrected chi connectivity index (χ3v) is 9.23. The van der Waals surface area contributed by atoms with Crippen molar-refractivity contribution < 1.29 is 32.7 Å². The van der Waals surface area contributed by atoms with Crippen molar-refractivity contribution in [2.45, 2.75) is 41.9 Å². The van der Waals surface area contributed by atoms with Gasteiger partial charge in [0.05, 0.1) is 11.3 Å². The summed E-state index contributed by atoms with van der Waals surface area (Å²) in [5.74, 6) is -1.10.